The molecule has 186 valence electrons. The second kappa shape index (κ2) is 8.69. The molecule has 2 aromatic carbocycles. The molecule has 8 heteroatoms. The van der Waals surface area contributed by atoms with Crippen LogP contribution in [0.5, 0.6) is 11.5 Å². The van der Waals surface area contributed by atoms with Crippen LogP contribution in [-0.2, 0) is 11.3 Å². The Kier molecular flexibility index (Phi) is 5.47. The van der Waals surface area contributed by atoms with E-state index in [1.165, 1.54) is 0 Å². The molecular weight excluding hydrogens is 456 g/mol. The zero-order valence-corrected chi connectivity index (χ0v) is 20.6. The van der Waals surface area contributed by atoms with E-state index < -0.39 is 0 Å². The maximum absolute atomic E-state index is 13.1. The SMILES string of the molecule is Cc1cc(C)n(Cc2ccc(C(=O)N3CCC4(CC3)C[C@@H]4C(=O)Nc3ccc4c(c3)OCO4)cc2)n1. The summed E-state index contributed by atoms with van der Waals surface area (Å²) < 4.78 is 12.7. The molecule has 1 atom stereocenters. The number of fused-ring (bicyclic) bond motifs is 1. The van der Waals surface area contributed by atoms with Crippen molar-refractivity contribution in [2.75, 3.05) is 25.2 Å². The predicted octanol–water partition coefficient (Wildman–Crippen LogP) is 4.16. The number of aromatic nitrogens is 2. The van der Waals surface area contributed by atoms with Crippen LogP contribution in [0.2, 0.25) is 0 Å². The molecule has 1 spiro atoms. The normalized spacial score (nSPS) is 19.4. The molecular formula is C28H30N4O4. The number of nitrogens with one attached hydrogen (secondary N) is 1. The minimum absolute atomic E-state index is 0.00570. The molecule has 2 aliphatic heterocycles. The largest absolute Gasteiger partial charge is 0.454 e. The summed E-state index contributed by atoms with van der Waals surface area (Å²) in [7, 11) is 0. The van der Waals surface area contributed by atoms with Crippen molar-refractivity contribution in [3.8, 4) is 11.5 Å². The van der Waals surface area contributed by atoms with E-state index in [0.717, 1.165) is 41.9 Å². The van der Waals surface area contributed by atoms with Crippen molar-refractivity contribution < 1.29 is 19.1 Å². The Morgan fingerprint density at radius 3 is 2.50 bits per heavy atom. The van der Waals surface area contributed by atoms with Gasteiger partial charge in [-0.1, -0.05) is 12.1 Å². The summed E-state index contributed by atoms with van der Waals surface area (Å²) in [6.45, 7) is 6.30. The number of anilines is 1. The molecule has 0 unspecified atom stereocenters. The zero-order valence-electron chi connectivity index (χ0n) is 20.6. The van der Waals surface area contributed by atoms with Crippen molar-refractivity contribution >= 4 is 17.5 Å². The minimum atomic E-state index is -0.00570. The molecule has 2 amide bonds. The van der Waals surface area contributed by atoms with Crippen LogP contribution in [0.3, 0.4) is 0 Å². The molecule has 8 nitrogen and oxygen atoms in total. The fourth-order valence-electron chi connectivity index (χ4n) is 5.57. The molecule has 6 rings (SSSR count). The van der Waals surface area contributed by atoms with Gasteiger partial charge in [0.25, 0.3) is 5.91 Å². The smallest absolute Gasteiger partial charge is 0.253 e. The van der Waals surface area contributed by atoms with Crippen molar-refractivity contribution in [2.45, 2.75) is 39.7 Å². The Morgan fingerprint density at radius 1 is 1.03 bits per heavy atom. The Morgan fingerprint density at radius 2 is 1.78 bits per heavy atom. The van der Waals surface area contributed by atoms with E-state index in [-0.39, 0.29) is 29.9 Å². The van der Waals surface area contributed by atoms with Crippen molar-refractivity contribution in [2.24, 2.45) is 11.3 Å². The average Bonchev–Trinajstić information content (AvgIpc) is 3.19. The van der Waals surface area contributed by atoms with Gasteiger partial charge in [0.15, 0.2) is 11.5 Å². The van der Waals surface area contributed by atoms with E-state index in [1.54, 1.807) is 6.07 Å². The van der Waals surface area contributed by atoms with Gasteiger partial charge in [0.2, 0.25) is 12.7 Å². The minimum Gasteiger partial charge on any atom is -0.454 e. The monoisotopic (exact) mass is 486 g/mol. The molecule has 3 aliphatic rings. The number of aryl methyl sites for hydroxylation is 2. The zero-order chi connectivity index (χ0) is 24.9. The molecule has 1 aliphatic carbocycles. The number of nitrogens with zero attached hydrogens (tertiary/aromatic N) is 3. The van der Waals surface area contributed by atoms with E-state index >= 15 is 0 Å². The number of benzene rings is 2. The van der Waals surface area contributed by atoms with Crippen LogP contribution in [0.15, 0.2) is 48.5 Å². The van der Waals surface area contributed by atoms with E-state index in [4.69, 9.17) is 9.47 Å². The van der Waals surface area contributed by atoms with Crippen LogP contribution < -0.4 is 14.8 Å². The summed E-state index contributed by atoms with van der Waals surface area (Å²) in [5, 5.41) is 7.54. The van der Waals surface area contributed by atoms with E-state index in [2.05, 4.69) is 16.5 Å². The standard InChI is InChI=1S/C28H30N4O4/c1-18-13-19(2)32(30-18)16-20-3-5-21(6-4-20)27(34)31-11-9-28(10-12-31)15-23(28)26(33)29-22-7-8-24-25(14-22)36-17-35-24/h3-8,13-14,23H,9-12,15-17H2,1-2H3,(H,29,33)/t23-/m1/s1. The van der Waals surface area contributed by atoms with Gasteiger partial charge in [-0.05, 0) is 74.4 Å². The van der Waals surface area contributed by atoms with Gasteiger partial charge in [-0.25, -0.2) is 0 Å². The van der Waals surface area contributed by atoms with Crippen LogP contribution in [0.4, 0.5) is 5.69 Å². The first kappa shape index (κ1) is 22.6. The summed E-state index contributed by atoms with van der Waals surface area (Å²) >= 11 is 0. The highest BCUT2D eigenvalue weighted by Crippen LogP contribution is 2.59. The van der Waals surface area contributed by atoms with Gasteiger partial charge in [-0.15, -0.1) is 0 Å². The molecule has 0 bridgehead atoms. The number of hydrogen-bond acceptors (Lipinski definition) is 5. The molecule has 0 radical (unpaired) electrons. The van der Waals surface area contributed by atoms with Gasteiger partial charge in [0.05, 0.1) is 12.2 Å². The first-order valence-corrected chi connectivity index (χ1v) is 12.5. The third-order valence-corrected chi connectivity index (χ3v) is 7.83. The van der Waals surface area contributed by atoms with Crippen LogP contribution >= 0.6 is 0 Å². The van der Waals surface area contributed by atoms with Crippen molar-refractivity contribution in [1.29, 1.82) is 0 Å². The number of carbonyl (C=O) groups is 2. The quantitative estimate of drug-likeness (QED) is 0.585. The fourth-order valence-corrected chi connectivity index (χ4v) is 5.57. The topological polar surface area (TPSA) is 85.7 Å². The lowest BCUT2D eigenvalue weighted by Crippen LogP contribution is -2.40. The molecule has 1 saturated carbocycles. The number of piperidine rings is 1. The molecule has 1 aromatic heterocycles. The molecule has 1 saturated heterocycles. The Balaban J connectivity index is 1.02. The maximum atomic E-state index is 13.1. The summed E-state index contributed by atoms with van der Waals surface area (Å²) in [6.07, 6.45) is 2.59. The molecule has 36 heavy (non-hydrogen) atoms. The van der Waals surface area contributed by atoms with Crippen molar-refractivity contribution in [3.05, 3.63) is 71.0 Å². The molecule has 3 heterocycles. The van der Waals surface area contributed by atoms with Crippen LogP contribution in [0.1, 0.15) is 46.6 Å². The van der Waals surface area contributed by atoms with Crippen LogP contribution in [0, 0.1) is 25.2 Å². The van der Waals surface area contributed by atoms with Gasteiger partial charge >= 0.3 is 0 Å². The predicted molar refractivity (Wildman–Crippen MR) is 134 cm³/mol. The maximum Gasteiger partial charge on any atom is 0.253 e. The lowest BCUT2D eigenvalue weighted by molar-refractivity contribution is -0.118. The van der Waals surface area contributed by atoms with E-state index in [9.17, 15) is 9.59 Å². The van der Waals surface area contributed by atoms with Gasteiger partial charge in [-0.3, -0.25) is 14.3 Å². The van der Waals surface area contributed by atoms with E-state index in [1.807, 2.05) is 59.8 Å². The number of carbonyl (C=O) groups excluding carboxylic acids is 2. The third-order valence-electron chi connectivity index (χ3n) is 7.83. The number of ether oxygens (including phenoxy) is 2. The van der Waals surface area contributed by atoms with E-state index in [0.29, 0.717) is 36.7 Å². The molecule has 3 aromatic rings. The van der Waals surface area contributed by atoms with Crippen molar-refractivity contribution in [3.63, 3.8) is 0 Å². The lowest BCUT2D eigenvalue weighted by Gasteiger charge is -2.33. The first-order valence-electron chi connectivity index (χ1n) is 12.5. The Labute approximate surface area is 210 Å². The average molecular weight is 487 g/mol. The highest BCUT2D eigenvalue weighted by atomic mass is 16.7. The summed E-state index contributed by atoms with van der Waals surface area (Å²) in [5.74, 6) is 1.46. The summed E-state index contributed by atoms with van der Waals surface area (Å²) in [5.41, 5.74) is 4.69. The lowest BCUT2D eigenvalue weighted by atomic mass is 9.90. The number of likely N-dealkylation sites (tertiary alicyclic amines) is 1. The van der Waals surface area contributed by atoms with Gasteiger partial charge in [-0.2, -0.15) is 5.10 Å². The van der Waals surface area contributed by atoms with Crippen LogP contribution in [0.25, 0.3) is 0 Å². The van der Waals surface area contributed by atoms with Gasteiger partial charge in [0, 0.05) is 42.0 Å². The van der Waals surface area contributed by atoms with Crippen LogP contribution in [-0.4, -0.2) is 46.4 Å². The first-order chi connectivity index (χ1) is 17.4. The number of rotatable bonds is 5. The Bertz CT molecular complexity index is 1320. The molecule has 1 N–H and O–H groups in total. The van der Waals surface area contributed by atoms with Gasteiger partial charge < -0.3 is 19.7 Å². The highest BCUT2D eigenvalue weighted by Gasteiger charge is 2.58. The number of amides is 2. The van der Waals surface area contributed by atoms with Crippen molar-refractivity contribution in [1.82, 2.24) is 14.7 Å². The second-order valence-corrected chi connectivity index (χ2v) is 10.3. The molecule has 2 fully saturated rings. The fraction of sp³-hybridized carbons (Fsp3) is 0.393. The summed E-state index contributed by atoms with van der Waals surface area (Å²) in [6, 6.07) is 15.4. The third kappa shape index (κ3) is 4.21. The highest BCUT2D eigenvalue weighted by molar-refractivity contribution is 5.96. The Hall–Kier alpha value is -3.81. The summed E-state index contributed by atoms with van der Waals surface area (Å²) in [4.78, 5) is 27.9. The van der Waals surface area contributed by atoms with Gasteiger partial charge in [0.1, 0.15) is 0 Å². The number of hydrogen-bond donors (Lipinski definition) is 1. The second-order valence-electron chi connectivity index (χ2n) is 10.3.